The van der Waals surface area contributed by atoms with Crippen molar-refractivity contribution in [3.63, 3.8) is 0 Å². The Bertz CT molecular complexity index is 587. The Labute approximate surface area is 106 Å². The average Bonchev–Trinajstić information content (AvgIpc) is 2.40. The molecule has 3 heteroatoms. The number of rotatable bonds is 3. The van der Waals surface area contributed by atoms with Crippen molar-refractivity contribution < 1.29 is 9.84 Å². The van der Waals surface area contributed by atoms with Crippen LogP contribution < -0.4 is 4.74 Å². The summed E-state index contributed by atoms with van der Waals surface area (Å²) in [5, 5.41) is 18.6. The van der Waals surface area contributed by atoms with Crippen LogP contribution in [0.3, 0.4) is 0 Å². The minimum Gasteiger partial charge on any atom is -0.507 e. The van der Waals surface area contributed by atoms with Gasteiger partial charge in [-0.2, -0.15) is 5.26 Å². The lowest BCUT2D eigenvalue weighted by Gasteiger charge is -2.13. The molecular formula is C15H13NO2. The molecule has 1 N–H and O–H groups in total. The summed E-state index contributed by atoms with van der Waals surface area (Å²) in [6.45, 7) is 1.68. The standard InChI is InChI=1S/C15H13NO2/c1-11(10-16)18-15-9-5-3-7-13(15)12-6-2-4-8-14(12)17/h2-9,11,17H,1H3. The molecule has 90 valence electrons. The maximum absolute atomic E-state index is 9.86. The molecule has 18 heavy (non-hydrogen) atoms. The first kappa shape index (κ1) is 12.0. The minimum absolute atomic E-state index is 0.193. The molecule has 2 rings (SSSR count). The summed E-state index contributed by atoms with van der Waals surface area (Å²) in [5.74, 6) is 0.784. The van der Waals surface area contributed by atoms with Gasteiger partial charge in [0.2, 0.25) is 0 Å². The maximum atomic E-state index is 9.86. The number of benzene rings is 2. The molecule has 2 aromatic carbocycles. The van der Waals surface area contributed by atoms with E-state index in [1.807, 2.05) is 36.4 Å². The van der Waals surface area contributed by atoms with Crippen molar-refractivity contribution in [2.75, 3.05) is 0 Å². The third-order valence-corrected chi connectivity index (χ3v) is 2.57. The fourth-order valence-corrected chi connectivity index (χ4v) is 1.71. The van der Waals surface area contributed by atoms with Gasteiger partial charge in [0.05, 0.1) is 0 Å². The number of phenolic OH excluding ortho intramolecular Hbond substituents is 1. The number of ether oxygens (including phenoxy) is 1. The van der Waals surface area contributed by atoms with E-state index in [0.29, 0.717) is 11.3 Å². The van der Waals surface area contributed by atoms with Crippen LogP contribution in [0.1, 0.15) is 6.92 Å². The first-order chi connectivity index (χ1) is 8.72. The van der Waals surface area contributed by atoms with E-state index >= 15 is 0 Å². The zero-order chi connectivity index (χ0) is 13.0. The van der Waals surface area contributed by atoms with E-state index in [4.69, 9.17) is 10.00 Å². The Morgan fingerprint density at radius 1 is 1.06 bits per heavy atom. The van der Waals surface area contributed by atoms with Crippen LogP contribution in [0.5, 0.6) is 11.5 Å². The van der Waals surface area contributed by atoms with E-state index < -0.39 is 6.10 Å². The highest BCUT2D eigenvalue weighted by Crippen LogP contribution is 2.35. The fraction of sp³-hybridized carbons (Fsp3) is 0.133. The highest BCUT2D eigenvalue weighted by Gasteiger charge is 2.11. The Balaban J connectivity index is 2.46. The van der Waals surface area contributed by atoms with Gasteiger partial charge in [0.25, 0.3) is 0 Å². The summed E-state index contributed by atoms with van der Waals surface area (Å²) in [6, 6.07) is 16.4. The average molecular weight is 239 g/mol. The van der Waals surface area contributed by atoms with Crippen molar-refractivity contribution in [3.05, 3.63) is 48.5 Å². The number of hydrogen-bond donors (Lipinski definition) is 1. The fourth-order valence-electron chi connectivity index (χ4n) is 1.71. The van der Waals surface area contributed by atoms with Crippen molar-refractivity contribution in [1.82, 2.24) is 0 Å². The molecule has 0 fully saturated rings. The van der Waals surface area contributed by atoms with Crippen LogP contribution in [0.25, 0.3) is 11.1 Å². The van der Waals surface area contributed by atoms with E-state index in [0.717, 1.165) is 5.56 Å². The molecule has 0 radical (unpaired) electrons. The van der Waals surface area contributed by atoms with Gasteiger partial charge >= 0.3 is 0 Å². The van der Waals surface area contributed by atoms with Gasteiger partial charge in [-0.15, -0.1) is 0 Å². The summed E-state index contributed by atoms with van der Waals surface area (Å²) in [4.78, 5) is 0. The van der Waals surface area contributed by atoms with E-state index in [-0.39, 0.29) is 5.75 Å². The molecule has 0 aliphatic heterocycles. The van der Waals surface area contributed by atoms with Gasteiger partial charge in [-0.25, -0.2) is 0 Å². The predicted octanol–water partition coefficient (Wildman–Crippen LogP) is 3.35. The molecule has 0 amide bonds. The molecular weight excluding hydrogens is 226 g/mol. The van der Waals surface area contributed by atoms with Crippen molar-refractivity contribution in [1.29, 1.82) is 5.26 Å². The lowest BCUT2D eigenvalue weighted by molar-refractivity contribution is 0.277. The Kier molecular flexibility index (Phi) is 3.49. The Morgan fingerprint density at radius 2 is 1.67 bits per heavy atom. The normalized spacial score (nSPS) is 11.6. The molecule has 1 atom stereocenters. The largest absolute Gasteiger partial charge is 0.507 e. The van der Waals surface area contributed by atoms with Crippen molar-refractivity contribution >= 4 is 0 Å². The third-order valence-electron chi connectivity index (χ3n) is 2.57. The van der Waals surface area contributed by atoms with Gasteiger partial charge in [-0.1, -0.05) is 36.4 Å². The van der Waals surface area contributed by atoms with Gasteiger partial charge in [-0.05, 0) is 19.1 Å². The quantitative estimate of drug-likeness (QED) is 0.893. The maximum Gasteiger partial charge on any atom is 0.181 e. The number of para-hydroxylation sites is 2. The number of hydrogen-bond acceptors (Lipinski definition) is 3. The van der Waals surface area contributed by atoms with E-state index in [1.54, 1.807) is 25.1 Å². The zero-order valence-electron chi connectivity index (χ0n) is 10.00. The molecule has 0 aromatic heterocycles. The van der Waals surface area contributed by atoms with Crippen LogP contribution in [0.15, 0.2) is 48.5 Å². The zero-order valence-corrected chi connectivity index (χ0v) is 10.00. The van der Waals surface area contributed by atoms with Crippen molar-refractivity contribution in [3.8, 4) is 28.7 Å². The Morgan fingerprint density at radius 3 is 2.33 bits per heavy atom. The summed E-state index contributed by atoms with van der Waals surface area (Å²) in [5.41, 5.74) is 1.47. The number of aromatic hydroxyl groups is 1. The molecule has 0 saturated heterocycles. The second kappa shape index (κ2) is 5.24. The summed E-state index contributed by atoms with van der Waals surface area (Å²) >= 11 is 0. The van der Waals surface area contributed by atoms with E-state index in [9.17, 15) is 5.11 Å². The minimum atomic E-state index is -0.531. The number of nitriles is 1. The molecule has 1 unspecified atom stereocenters. The van der Waals surface area contributed by atoms with Gasteiger partial charge in [0.1, 0.15) is 17.6 Å². The van der Waals surface area contributed by atoms with E-state index in [2.05, 4.69) is 0 Å². The SMILES string of the molecule is CC(C#N)Oc1ccccc1-c1ccccc1O. The first-order valence-corrected chi connectivity index (χ1v) is 5.66. The number of nitrogens with zero attached hydrogens (tertiary/aromatic N) is 1. The van der Waals surface area contributed by atoms with Crippen molar-refractivity contribution in [2.45, 2.75) is 13.0 Å². The van der Waals surface area contributed by atoms with E-state index in [1.165, 1.54) is 0 Å². The van der Waals surface area contributed by atoms with Crippen LogP contribution in [-0.4, -0.2) is 11.2 Å². The molecule has 2 aromatic rings. The molecule has 0 heterocycles. The van der Waals surface area contributed by atoms with Gasteiger partial charge < -0.3 is 9.84 Å². The highest BCUT2D eigenvalue weighted by atomic mass is 16.5. The second-order valence-electron chi connectivity index (χ2n) is 3.90. The van der Waals surface area contributed by atoms with Crippen LogP contribution >= 0.6 is 0 Å². The molecule has 0 aliphatic carbocycles. The number of phenols is 1. The van der Waals surface area contributed by atoms with Crippen LogP contribution in [0.4, 0.5) is 0 Å². The monoisotopic (exact) mass is 239 g/mol. The first-order valence-electron chi connectivity index (χ1n) is 5.66. The molecule has 0 saturated carbocycles. The molecule has 3 nitrogen and oxygen atoms in total. The summed E-state index contributed by atoms with van der Waals surface area (Å²) in [7, 11) is 0. The molecule has 0 spiro atoms. The second-order valence-corrected chi connectivity index (χ2v) is 3.90. The third kappa shape index (κ3) is 2.44. The summed E-state index contributed by atoms with van der Waals surface area (Å²) in [6.07, 6.45) is -0.531. The van der Waals surface area contributed by atoms with Crippen LogP contribution in [0.2, 0.25) is 0 Å². The Hall–Kier alpha value is -2.47. The van der Waals surface area contributed by atoms with Gasteiger partial charge in [0, 0.05) is 11.1 Å². The summed E-state index contributed by atoms with van der Waals surface area (Å²) < 4.78 is 5.53. The smallest absolute Gasteiger partial charge is 0.181 e. The molecule has 0 bridgehead atoms. The van der Waals surface area contributed by atoms with Gasteiger partial charge in [0.15, 0.2) is 6.10 Å². The van der Waals surface area contributed by atoms with Crippen molar-refractivity contribution in [2.24, 2.45) is 0 Å². The van der Waals surface area contributed by atoms with Crippen LogP contribution in [-0.2, 0) is 0 Å². The van der Waals surface area contributed by atoms with Gasteiger partial charge in [-0.3, -0.25) is 0 Å². The predicted molar refractivity (Wildman–Crippen MR) is 69.2 cm³/mol. The lowest BCUT2D eigenvalue weighted by atomic mass is 10.0. The topological polar surface area (TPSA) is 53.2 Å². The molecule has 0 aliphatic rings. The highest BCUT2D eigenvalue weighted by molar-refractivity contribution is 5.75. The van der Waals surface area contributed by atoms with Crippen LogP contribution in [0, 0.1) is 11.3 Å². The lowest BCUT2D eigenvalue weighted by Crippen LogP contribution is -2.08.